The molecule has 1 saturated heterocycles. The highest BCUT2D eigenvalue weighted by molar-refractivity contribution is 5.90. The number of fused-ring (bicyclic) bond motifs is 1. The lowest BCUT2D eigenvalue weighted by Gasteiger charge is -2.36. The van der Waals surface area contributed by atoms with E-state index in [1.54, 1.807) is 56.0 Å². The molecular formula is C22H25F3N4O3. The van der Waals surface area contributed by atoms with Crippen LogP contribution in [0.3, 0.4) is 0 Å². The molecule has 10 heteroatoms. The number of hydrogen-bond donors (Lipinski definition) is 0. The number of para-hydroxylation sites is 1. The SMILES string of the molecule is CC(C)(C)OC(=O)N1CCN(c2cccc3c2nc(C(F)(F)F)n3Cc2ccco2)CC1. The van der Waals surface area contributed by atoms with Crippen molar-refractivity contribution in [1.29, 1.82) is 0 Å². The van der Waals surface area contributed by atoms with Crippen molar-refractivity contribution in [2.75, 3.05) is 31.1 Å². The van der Waals surface area contributed by atoms with Crippen LogP contribution < -0.4 is 4.90 Å². The van der Waals surface area contributed by atoms with E-state index in [0.717, 1.165) is 4.57 Å². The number of aromatic nitrogens is 2. The van der Waals surface area contributed by atoms with Crippen molar-refractivity contribution in [3.63, 3.8) is 0 Å². The summed E-state index contributed by atoms with van der Waals surface area (Å²) in [6.45, 7) is 7.08. The number of piperazine rings is 1. The number of benzene rings is 1. The quantitative estimate of drug-likeness (QED) is 0.576. The summed E-state index contributed by atoms with van der Waals surface area (Å²) >= 11 is 0. The molecule has 0 aliphatic carbocycles. The first-order valence-corrected chi connectivity index (χ1v) is 10.3. The van der Waals surface area contributed by atoms with Crippen LogP contribution in [-0.2, 0) is 17.5 Å². The summed E-state index contributed by atoms with van der Waals surface area (Å²) in [6.07, 6.45) is -3.58. The van der Waals surface area contributed by atoms with E-state index in [2.05, 4.69) is 4.98 Å². The van der Waals surface area contributed by atoms with Crippen LogP contribution in [0, 0.1) is 0 Å². The lowest BCUT2D eigenvalue weighted by Crippen LogP contribution is -2.50. The third-order valence-corrected chi connectivity index (χ3v) is 5.18. The molecule has 0 spiro atoms. The van der Waals surface area contributed by atoms with Crippen LogP contribution in [0.4, 0.5) is 23.7 Å². The van der Waals surface area contributed by atoms with Crippen molar-refractivity contribution in [2.45, 2.75) is 39.1 Å². The van der Waals surface area contributed by atoms with Gasteiger partial charge in [-0.15, -0.1) is 0 Å². The second kappa shape index (κ2) is 8.07. The third-order valence-electron chi connectivity index (χ3n) is 5.18. The largest absolute Gasteiger partial charge is 0.467 e. The predicted octanol–water partition coefficient (Wildman–Crippen LogP) is 4.75. The number of ether oxygens (including phenoxy) is 1. The summed E-state index contributed by atoms with van der Waals surface area (Å²) in [5.41, 5.74) is 0.669. The van der Waals surface area contributed by atoms with Crippen LogP contribution in [0.2, 0.25) is 0 Å². The van der Waals surface area contributed by atoms with E-state index in [-0.39, 0.29) is 12.1 Å². The van der Waals surface area contributed by atoms with E-state index in [4.69, 9.17) is 9.15 Å². The van der Waals surface area contributed by atoms with E-state index in [9.17, 15) is 18.0 Å². The molecule has 0 unspecified atom stereocenters. The van der Waals surface area contributed by atoms with Gasteiger partial charge in [0.25, 0.3) is 0 Å². The molecule has 1 amide bonds. The zero-order chi connectivity index (χ0) is 23.1. The number of imidazole rings is 1. The molecular weight excluding hydrogens is 425 g/mol. The van der Waals surface area contributed by atoms with E-state index >= 15 is 0 Å². The van der Waals surface area contributed by atoms with Gasteiger partial charge in [0.2, 0.25) is 5.82 Å². The van der Waals surface area contributed by atoms with Crippen LogP contribution >= 0.6 is 0 Å². The van der Waals surface area contributed by atoms with Gasteiger partial charge in [-0.1, -0.05) is 6.07 Å². The van der Waals surface area contributed by atoms with E-state index < -0.39 is 23.7 Å². The van der Waals surface area contributed by atoms with Gasteiger partial charge in [-0.25, -0.2) is 9.78 Å². The standard InChI is InChI=1S/C22H25F3N4O3/c1-21(2,3)32-20(30)28-11-9-27(10-12-28)16-7-4-8-17-18(16)26-19(22(23,24)25)29(17)14-15-6-5-13-31-15/h4-8,13H,9-12,14H2,1-3H3. The topological polar surface area (TPSA) is 63.7 Å². The molecule has 0 atom stereocenters. The molecule has 172 valence electrons. The maximum atomic E-state index is 13.8. The average Bonchev–Trinajstić information content (AvgIpc) is 3.35. The van der Waals surface area contributed by atoms with Gasteiger partial charge in [0.15, 0.2) is 0 Å². The molecule has 1 aromatic carbocycles. The average molecular weight is 450 g/mol. The minimum Gasteiger partial charge on any atom is -0.467 e. The molecule has 3 aromatic rings. The summed E-state index contributed by atoms with van der Waals surface area (Å²) < 4.78 is 53.1. The van der Waals surface area contributed by atoms with Gasteiger partial charge in [0, 0.05) is 26.2 Å². The lowest BCUT2D eigenvalue weighted by atomic mass is 10.2. The molecule has 0 saturated carbocycles. The Morgan fingerprint density at radius 1 is 1.09 bits per heavy atom. The lowest BCUT2D eigenvalue weighted by molar-refractivity contribution is -0.146. The summed E-state index contributed by atoms with van der Waals surface area (Å²) in [5.74, 6) is -0.560. The number of amides is 1. The fourth-order valence-electron chi connectivity index (χ4n) is 3.78. The Labute approximate surface area is 183 Å². The molecule has 7 nitrogen and oxygen atoms in total. The number of carbonyl (C=O) groups is 1. The minimum absolute atomic E-state index is 0.0752. The first kappa shape index (κ1) is 22.0. The van der Waals surface area contributed by atoms with Crippen molar-refractivity contribution < 1.29 is 27.1 Å². The number of alkyl halides is 3. The van der Waals surface area contributed by atoms with E-state index in [1.807, 2.05) is 4.90 Å². The summed E-state index contributed by atoms with van der Waals surface area (Å²) in [4.78, 5) is 19.9. The number of anilines is 1. The Balaban J connectivity index is 1.62. The van der Waals surface area contributed by atoms with Gasteiger partial charge in [-0.3, -0.25) is 0 Å². The monoisotopic (exact) mass is 450 g/mol. The molecule has 0 N–H and O–H groups in total. The van der Waals surface area contributed by atoms with Crippen molar-refractivity contribution >= 4 is 22.8 Å². The highest BCUT2D eigenvalue weighted by Gasteiger charge is 2.38. The van der Waals surface area contributed by atoms with Gasteiger partial charge in [-0.2, -0.15) is 13.2 Å². The highest BCUT2D eigenvalue weighted by Crippen LogP contribution is 2.35. The molecule has 0 bridgehead atoms. The number of nitrogens with zero attached hydrogens (tertiary/aromatic N) is 4. The number of furan rings is 1. The van der Waals surface area contributed by atoms with Crippen molar-refractivity contribution in [3.8, 4) is 0 Å². The highest BCUT2D eigenvalue weighted by atomic mass is 19.4. The fraction of sp³-hybridized carbons (Fsp3) is 0.455. The van der Waals surface area contributed by atoms with Crippen LogP contribution in [0.25, 0.3) is 11.0 Å². The van der Waals surface area contributed by atoms with Crippen molar-refractivity contribution in [2.24, 2.45) is 0 Å². The predicted molar refractivity (Wildman–Crippen MR) is 113 cm³/mol. The first-order chi connectivity index (χ1) is 15.0. The van der Waals surface area contributed by atoms with Gasteiger partial charge < -0.3 is 23.5 Å². The summed E-state index contributed by atoms with van der Waals surface area (Å²) in [5, 5.41) is 0. The molecule has 1 aliphatic heterocycles. The Morgan fingerprint density at radius 3 is 2.41 bits per heavy atom. The Kier molecular flexibility index (Phi) is 5.56. The van der Waals surface area contributed by atoms with Gasteiger partial charge in [-0.05, 0) is 45.0 Å². The molecule has 32 heavy (non-hydrogen) atoms. The first-order valence-electron chi connectivity index (χ1n) is 10.3. The smallest absolute Gasteiger partial charge is 0.449 e. The minimum atomic E-state index is -4.61. The van der Waals surface area contributed by atoms with Gasteiger partial charge in [0.05, 0.1) is 24.0 Å². The normalized spacial score (nSPS) is 15.4. The van der Waals surface area contributed by atoms with Gasteiger partial charge in [0.1, 0.15) is 16.9 Å². The van der Waals surface area contributed by atoms with Gasteiger partial charge >= 0.3 is 12.3 Å². The Morgan fingerprint density at radius 2 is 1.81 bits per heavy atom. The second-order valence-corrected chi connectivity index (χ2v) is 8.70. The van der Waals surface area contributed by atoms with E-state index in [1.165, 1.54) is 6.26 Å². The molecule has 1 fully saturated rings. The zero-order valence-electron chi connectivity index (χ0n) is 18.1. The maximum absolute atomic E-state index is 13.8. The molecule has 2 aromatic heterocycles. The molecule has 0 radical (unpaired) electrons. The molecule has 1 aliphatic rings. The number of rotatable bonds is 3. The Hall–Kier alpha value is -3.17. The van der Waals surface area contributed by atoms with E-state index in [0.29, 0.717) is 43.1 Å². The van der Waals surface area contributed by atoms with Crippen molar-refractivity contribution in [1.82, 2.24) is 14.5 Å². The fourth-order valence-corrected chi connectivity index (χ4v) is 3.78. The third kappa shape index (κ3) is 4.53. The second-order valence-electron chi connectivity index (χ2n) is 8.70. The Bertz CT molecular complexity index is 1090. The zero-order valence-corrected chi connectivity index (χ0v) is 18.1. The number of halogens is 3. The number of hydrogen-bond acceptors (Lipinski definition) is 5. The van der Waals surface area contributed by atoms with Crippen molar-refractivity contribution in [3.05, 3.63) is 48.2 Å². The summed E-state index contributed by atoms with van der Waals surface area (Å²) in [6, 6.07) is 8.37. The van der Waals surface area contributed by atoms with Crippen LogP contribution in [-0.4, -0.2) is 52.3 Å². The van der Waals surface area contributed by atoms with Crippen LogP contribution in [0.5, 0.6) is 0 Å². The molecule has 4 rings (SSSR count). The summed E-state index contributed by atoms with van der Waals surface area (Å²) in [7, 11) is 0. The number of carbonyl (C=O) groups excluding carboxylic acids is 1. The van der Waals surface area contributed by atoms with Crippen LogP contribution in [0.15, 0.2) is 41.0 Å². The maximum Gasteiger partial charge on any atom is 0.449 e. The molecule has 3 heterocycles. The van der Waals surface area contributed by atoms with Crippen LogP contribution in [0.1, 0.15) is 32.4 Å².